The zero-order valence-corrected chi connectivity index (χ0v) is 6.01. The molecule has 2 unspecified atom stereocenters. The lowest BCUT2D eigenvalue weighted by atomic mass is 10.2. The summed E-state index contributed by atoms with van der Waals surface area (Å²) >= 11 is 0. The molecule has 0 aromatic rings. The lowest BCUT2D eigenvalue weighted by Crippen LogP contribution is -2.44. The van der Waals surface area contributed by atoms with Crippen LogP contribution in [0.4, 0.5) is 4.79 Å². The number of carbonyl (C=O) groups is 2. The molecule has 6 heteroatoms. The number of carboxylic acid groups (broad SMARTS) is 2. The number of epoxide rings is 1. The molecule has 6 nitrogen and oxygen atoms in total. The maximum absolute atomic E-state index is 10.6. The average Bonchev–Trinajstić information content (AvgIpc) is 2.60. The minimum absolute atomic E-state index is 0.178. The van der Waals surface area contributed by atoms with Crippen molar-refractivity contribution in [2.45, 2.75) is 18.2 Å². The highest BCUT2D eigenvalue weighted by Crippen LogP contribution is 2.36. The van der Waals surface area contributed by atoms with Crippen LogP contribution in [0.3, 0.4) is 0 Å². The predicted molar refractivity (Wildman–Crippen MR) is 34.8 cm³/mol. The van der Waals surface area contributed by atoms with Gasteiger partial charge in [-0.3, -0.25) is 4.90 Å². The Labute approximate surface area is 67.3 Å². The van der Waals surface area contributed by atoms with Crippen LogP contribution in [0, 0.1) is 0 Å². The van der Waals surface area contributed by atoms with Gasteiger partial charge in [0.25, 0.3) is 0 Å². The highest BCUT2D eigenvalue weighted by molar-refractivity contribution is 5.81. The van der Waals surface area contributed by atoms with Crippen LogP contribution in [0.25, 0.3) is 0 Å². The minimum Gasteiger partial charge on any atom is -0.480 e. The molecule has 2 fully saturated rings. The number of ether oxygens (including phenoxy) is 1. The van der Waals surface area contributed by atoms with Crippen molar-refractivity contribution in [2.75, 3.05) is 6.54 Å². The van der Waals surface area contributed by atoms with Gasteiger partial charge in [-0.15, -0.1) is 0 Å². The Bertz CT molecular complexity index is 252. The molecule has 0 spiro atoms. The van der Waals surface area contributed by atoms with Crippen molar-refractivity contribution < 1.29 is 24.5 Å². The molecular formula is C6H7NO5. The molecule has 2 aliphatic rings. The van der Waals surface area contributed by atoms with Gasteiger partial charge < -0.3 is 14.9 Å². The maximum atomic E-state index is 10.6. The number of morpholine rings is 1. The first-order chi connectivity index (χ1) is 5.61. The summed E-state index contributed by atoms with van der Waals surface area (Å²) in [5, 5.41) is 17.2. The lowest BCUT2D eigenvalue weighted by molar-refractivity contribution is -0.143. The van der Waals surface area contributed by atoms with Gasteiger partial charge in [0.1, 0.15) is 12.2 Å². The molecule has 0 aromatic heterocycles. The number of carboxylic acids is 1. The number of aliphatic carboxylic acids is 1. The number of hydrogen-bond acceptors (Lipinski definition) is 3. The molecule has 0 aliphatic carbocycles. The summed E-state index contributed by atoms with van der Waals surface area (Å²) in [6, 6.07) is -1.01. The number of amides is 1. The molecule has 2 aliphatic heterocycles. The van der Waals surface area contributed by atoms with Crippen molar-refractivity contribution in [3.8, 4) is 0 Å². The van der Waals surface area contributed by atoms with Crippen LogP contribution in [0.2, 0.25) is 0 Å². The fourth-order valence-electron chi connectivity index (χ4n) is 1.54. The van der Waals surface area contributed by atoms with Crippen LogP contribution in [-0.2, 0) is 9.53 Å². The first-order valence-electron chi connectivity index (χ1n) is 3.49. The van der Waals surface area contributed by atoms with E-state index in [4.69, 9.17) is 14.9 Å². The Morgan fingerprint density at radius 3 is 2.50 bits per heavy atom. The van der Waals surface area contributed by atoms with Gasteiger partial charge in [0, 0.05) is 0 Å². The molecule has 3 atom stereocenters. The molecule has 66 valence electrons. The van der Waals surface area contributed by atoms with E-state index in [-0.39, 0.29) is 12.6 Å². The second-order valence-electron chi connectivity index (χ2n) is 2.86. The zero-order valence-electron chi connectivity index (χ0n) is 6.01. The standard InChI is InChI=1S/C6H7NO5/c8-5(9)3-4-2(12-4)1-7(3)6(10)11/h2-4H,1H2,(H,8,9)(H,10,11)/t2?,3-,4?/m0/s1. The van der Waals surface area contributed by atoms with Gasteiger partial charge in [0.15, 0.2) is 6.04 Å². The molecule has 2 heterocycles. The van der Waals surface area contributed by atoms with Gasteiger partial charge in [0.2, 0.25) is 0 Å². The first-order valence-corrected chi connectivity index (χ1v) is 3.49. The quantitative estimate of drug-likeness (QED) is 0.506. The van der Waals surface area contributed by atoms with Crippen LogP contribution in [0.1, 0.15) is 0 Å². The van der Waals surface area contributed by atoms with Gasteiger partial charge in [-0.1, -0.05) is 0 Å². The second-order valence-corrected chi connectivity index (χ2v) is 2.86. The summed E-state index contributed by atoms with van der Waals surface area (Å²) < 4.78 is 4.92. The fourth-order valence-corrected chi connectivity index (χ4v) is 1.54. The van der Waals surface area contributed by atoms with Crippen LogP contribution < -0.4 is 0 Å². The SMILES string of the molecule is O=C(O)[C@@H]1C2OC2CN1C(=O)O. The predicted octanol–water partition coefficient (Wildman–Crippen LogP) is -0.799. The number of likely N-dealkylation sites (tertiary alicyclic amines) is 1. The number of nitrogens with zero attached hydrogens (tertiary/aromatic N) is 1. The van der Waals surface area contributed by atoms with E-state index >= 15 is 0 Å². The molecular weight excluding hydrogens is 166 g/mol. The lowest BCUT2D eigenvalue weighted by Gasteiger charge is -2.19. The van der Waals surface area contributed by atoms with Crippen molar-refractivity contribution in [2.24, 2.45) is 0 Å². The summed E-state index contributed by atoms with van der Waals surface area (Å²) in [7, 11) is 0. The van der Waals surface area contributed by atoms with Crippen molar-refractivity contribution in [3.63, 3.8) is 0 Å². The molecule has 0 bridgehead atoms. The molecule has 0 saturated carbocycles. The van der Waals surface area contributed by atoms with E-state index in [9.17, 15) is 9.59 Å². The van der Waals surface area contributed by atoms with E-state index in [0.29, 0.717) is 0 Å². The number of hydrogen-bond donors (Lipinski definition) is 2. The van der Waals surface area contributed by atoms with Gasteiger partial charge in [-0.25, -0.2) is 9.59 Å². The number of rotatable bonds is 1. The third kappa shape index (κ3) is 0.845. The Morgan fingerprint density at radius 1 is 1.42 bits per heavy atom. The van der Waals surface area contributed by atoms with E-state index in [0.717, 1.165) is 4.90 Å². The third-order valence-electron chi connectivity index (χ3n) is 2.14. The van der Waals surface area contributed by atoms with E-state index < -0.39 is 24.2 Å². The van der Waals surface area contributed by atoms with Crippen molar-refractivity contribution in [1.29, 1.82) is 0 Å². The first kappa shape index (κ1) is 7.35. The summed E-state index contributed by atoms with van der Waals surface area (Å²) in [5.74, 6) is -1.14. The molecule has 1 amide bonds. The fraction of sp³-hybridized carbons (Fsp3) is 0.667. The van der Waals surface area contributed by atoms with Gasteiger partial charge in [0.05, 0.1) is 6.54 Å². The summed E-state index contributed by atoms with van der Waals surface area (Å²) in [6.45, 7) is 0.178. The van der Waals surface area contributed by atoms with Gasteiger partial charge in [-0.05, 0) is 0 Å². The van der Waals surface area contributed by atoms with Crippen LogP contribution >= 0.6 is 0 Å². The minimum atomic E-state index is -1.20. The van der Waals surface area contributed by atoms with E-state index in [2.05, 4.69) is 0 Å². The summed E-state index contributed by atoms with van der Waals surface area (Å²) in [6.07, 6.45) is -1.81. The van der Waals surface area contributed by atoms with Gasteiger partial charge in [-0.2, -0.15) is 0 Å². The Hall–Kier alpha value is -1.30. The van der Waals surface area contributed by atoms with Gasteiger partial charge >= 0.3 is 12.1 Å². The van der Waals surface area contributed by atoms with Crippen LogP contribution in [-0.4, -0.2) is 52.0 Å². The molecule has 0 radical (unpaired) electrons. The van der Waals surface area contributed by atoms with E-state index in [1.165, 1.54) is 0 Å². The third-order valence-corrected chi connectivity index (χ3v) is 2.14. The monoisotopic (exact) mass is 173 g/mol. The van der Waals surface area contributed by atoms with Crippen molar-refractivity contribution in [3.05, 3.63) is 0 Å². The molecule has 2 N–H and O–H groups in total. The van der Waals surface area contributed by atoms with Crippen molar-refractivity contribution in [1.82, 2.24) is 4.90 Å². The molecule has 0 aromatic carbocycles. The Morgan fingerprint density at radius 2 is 2.08 bits per heavy atom. The largest absolute Gasteiger partial charge is 0.480 e. The molecule has 2 saturated heterocycles. The average molecular weight is 173 g/mol. The zero-order chi connectivity index (χ0) is 8.88. The van der Waals surface area contributed by atoms with Crippen LogP contribution in [0.15, 0.2) is 0 Å². The Kier molecular flexibility index (Phi) is 1.29. The highest BCUT2D eigenvalue weighted by Gasteiger charge is 2.59. The topological polar surface area (TPSA) is 90.4 Å². The maximum Gasteiger partial charge on any atom is 0.408 e. The highest BCUT2D eigenvalue weighted by atomic mass is 16.6. The molecule has 12 heavy (non-hydrogen) atoms. The normalized spacial score (nSPS) is 37.7. The van der Waals surface area contributed by atoms with E-state index in [1.807, 2.05) is 0 Å². The number of fused-ring (bicyclic) bond motifs is 1. The molecule has 2 rings (SSSR count). The Balaban J connectivity index is 2.16. The van der Waals surface area contributed by atoms with Crippen molar-refractivity contribution >= 4 is 12.1 Å². The summed E-state index contributed by atoms with van der Waals surface area (Å²) in [5.41, 5.74) is 0. The van der Waals surface area contributed by atoms with Crippen LogP contribution in [0.5, 0.6) is 0 Å². The summed E-state index contributed by atoms with van der Waals surface area (Å²) in [4.78, 5) is 22.0. The smallest absolute Gasteiger partial charge is 0.408 e. The van der Waals surface area contributed by atoms with E-state index in [1.54, 1.807) is 0 Å². The second kappa shape index (κ2) is 2.10.